The fraction of sp³-hybridized carbons (Fsp3) is 0.783. The summed E-state index contributed by atoms with van der Waals surface area (Å²) in [6.45, 7) is 5.48. The van der Waals surface area contributed by atoms with E-state index in [0.717, 1.165) is 29.9 Å². The molecule has 4 saturated carbocycles. The van der Waals surface area contributed by atoms with Crippen LogP contribution in [0.15, 0.2) is 10.6 Å². The van der Waals surface area contributed by atoms with E-state index < -0.39 is 18.1 Å². The summed E-state index contributed by atoms with van der Waals surface area (Å²) >= 11 is 0. The Morgan fingerprint density at radius 1 is 1.17 bits per heavy atom. The van der Waals surface area contributed by atoms with Gasteiger partial charge in [-0.15, -0.1) is 0 Å². The third-order valence-corrected chi connectivity index (χ3v) is 7.43. The lowest BCUT2D eigenvalue weighted by Gasteiger charge is -2.55. The quantitative estimate of drug-likeness (QED) is 0.601. The summed E-state index contributed by atoms with van der Waals surface area (Å²) in [5.74, 6) is 2.66. The molecule has 2 atom stereocenters. The molecular formula is C23H35N3O4. The SMILES string of the molecule is CCCC(NC(=O)C(O)C(C)C)C(=O)Nc1cc(C23CC4CC(CC(C4)C2)C3)on1. The molecule has 5 rings (SSSR count). The summed E-state index contributed by atoms with van der Waals surface area (Å²) in [7, 11) is 0. The normalized spacial score (nSPS) is 31.6. The molecule has 166 valence electrons. The molecule has 7 nitrogen and oxygen atoms in total. The van der Waals surface area contributed by atoms with Gasteiger partial charge in [-0.25, -0.2) is 0 Å². The minimum atomic E-state index is -1.13. The average Bonchev–Trinajstić information content (AvgIpc) is 3.15. The number of nitrogens with one attached hydrogen (secondary N) is 2. The van der Waals surface area contributed by atoms with Gasteiger partial charge in [0.2, 0.25) is 11.8 Å². The molecule has 2 amide bonds. The molecule has 4 aliphatic rings. The highest BCUT2D eigenvalue weighted by Gasteiger charge is 2.53. The van der Waals surface area contributed by atoms with Gasteiger partial charge >= 0.3 is 0 Å². The number of carbonyl (C=O) groups is 2. The van der Waals surface area contributed by atoms with E-state index >= 15 is 0 Å². The predicted octanol–water partition coefficient (Wildman–Crippen LogP) is 3.38. The minimum Gasteiger partial charge on any atom is -0.383 e. The number of aliphatic hydroxyl groups excluding tert-OH is 1. The van der Waals surface area contributed by atoms with E-state index in [1.165, 1.54) is 38.5 Å². The number of nitrogens with zero attached hydrogens (tertiary/aromatic N) is 1. The Labute approximate surface area is 178 Å². The number of amides is 2. The number of anilines is 1. The van der Waals surface area contributed by atoms with Crippen molar-refractivity contribution in [1.82, 2.24) is 10.5 Å². The topological polar surface area (TPSA) is 104 Å². The van der Waals surface area contributed by atoms with Crippen molar-refractivity contribution in [2.45, 2.75) is 89.7 Å². The van der Waals surface area contributed by atoms with E-state index in [2.05, 4.69) is 15.8 Å². The first-order chi connectivity index (χ1) is 14.3. The molecule has 0 radical (unpaired) electrons. The lowest BCUT2D eigenvalue weighted by atomic mass is 9.49. The second kappa shape index (κ2) is 8.33. The molecule has 2 unspecified atom stereocenters. The molecule has 4 fully saturated rings. The summed E-state index contributed by atoms with van der Waals surface area (Å²) in [6.07, 6.45) is 7.67. The molecule has 1 aromatic rings. The van der Waals surface area contributed by atoms with Gasteiger partial charge in [-0.05, 0) is 68.6 Å². The van der Waals surface area contributed by atoms with Gasteiger partial charge < -0.3 is 20.3 Å². The molecule has 1 aromatic heterocycles. The number of hydrogen-bond donors (Lipinski definition) is 3. The van der Waals surface area contributed by atoms with Gasteiger partial charge in [0.25, 0.3) is 0 Å². The van der Waals surface area contributed by atoms with Crippen LogP contribution in [0.4, 0.5) is 5.82 Å². The Morgan fingerprint density at radius 3 is 2.30 bits per heavy atom. The van der Waals surface area contributed by atoms with Crippen LogP contribution in [-0.4, -0.2) is 34.2 Å². The van der Waals surface area contributed by atoms with Gasteiger partial charge in [0.05, 0.1) is 0 Å². The number of aliphatic hydroxyl groups is 1. The fourth-order valence-electron chi connectivity index (χ4n) is 6.33. The van der Waals surface area contributed by atoms with Crippen LogP contribution in [0, 0.1) is 23.7 Å². The Balaban J connectivity index is 1.42. The molecule has 30 heavy (non-hydrogen) atoms. The zero-order chi connectivity index (χ0) is 21.5. The van der Waals surface area contributed by atoms with E-state index in [4.69, 9.17) is 4.52 Å². The van der Waals surface area contributed by atoms with Crippen molar-refractivity contribution in [3.8, 4) is 0 Å². The summed E-state index contributed by atoms with van der Waals surface area (Å²) in [5.41, 5.74) is 0.0864. The maximum atomic E-state index is 12.8. The van der Waals surface area contributed by atoms with Gasteiger partial charge in [0, 0.05) is 11.5 Å². The maximum Gasteiger partial charge on any atom is 0.249 e. The van der Waals surface area contributed by atoms with Crippen LogP contribution in [0.3, 0.4) is 0 Å². The molecule has 1 heterocycles. The van der Waals surface area contributed by atoms with Gasteiger partial charge in [0.1, 0.15) is 17.9 Å². The minimum absolute atomic E-state index is 0.0864. The lowest BCUT2D eigenvalue weighted by Crippen LogP contribution is -2.48. The smallest absolute Gasteiger partial charge is 0.249 e. The molecule has 7 heteroatoms. The second-order valence-electron chi connectivity index (χ2n) is 10.3. The highest BCUT2D eigenvalue weighted by atomic mass is 16.5. The first-order valence-electron chi connectivity index (χ1n) is 11.6. The molecule has 0 saturated heterocycles. The van der Waals surface area contributed by atoms with Crippen LogP contribution in [0.25, 0.3) is 0 Å². The molecule has 0 aromatic carbocycles. The average molecular weight is 418 g/mol. The predicted molar refractivity (Wildman–Crippen MR) is 113 cm³/mol. The lowest BCUT2D eigenvalue weighted by molar-refractivity contribution is -0.134. The van der Waals surface area contributed by atoms with Crippen LogP contribution < -0.4 is 10.6 Å². The largest absolute Gasteiger partial charge is 0.383 e. The molecular weight excluding hydrogens is 382 g/mol. The number of carbonyl (C=O) groups excluding carboxylic acids is 2. The highest BCUT2D eigenvalue weighted by molar-refractivity contribution is 5.97. The highest BCUT2D eigenvalue weighted by Crippen LogP contribution is 2.60. The van der Waals surface area contributed by atoms with Crippen LogP contribution in [0.1, 0.15) is 77.9 Å². The molecule has 0 aliphatic heterocycles. The number of aromatic nitrogens is 1. The molecule has 0 spiro atoms. The van der Waals surface area contributed by atoms with Crippen molar-refractivity contribution in [3.05, 3.63) is 11.8 Å². The van der Waals surface area contributed by atoms with Gasteiger partial charge in [-0.2, -0.15) is 0 Å². The Bertz CT molecular complexity index is 752. The monoisotopic (exact) mass is 417 g/mol. The first kappa shape index (κ1) is 21.3. The van der Waals surface area contributed by atoms with Crippen molar-refractivity contribution < 1.29 is 19.2 Å². The Morgan fingerprint density at radius 2 is 1.77 bits per heavy atom. The van der Waals surface area contributed by atoms with Crippen LogP contribution >= 0.6 is 0 Å². The summed E-state index contributed by atoms with van der Waals surface area (Å²) in [5, 5.41) is 19.6. The zero-order valence-electron chi connectivity index (χ0n) is 18.3. The summed E-state index contributed by atoms with van der Waals surface area (Å²) < 4.78 is 5.75. The van der Waals surface area contributed by atoms with Crippen molar-refractivity contribution >= 4 is 17.6 Å². The Kier molecular flexibility index (Phi) is 5.93. The van der Waals surface area contributed by atoms with Crippen molar-refractivity contribution in [2.24, 2.45) is 23.7 Å². The summed E-state index contributed by atoms with van der Waals surface area (Å²) in [4.78, 5) is 25.0. The summed E-state index contributed by atoms with van der Waals surface area (Å²) in [6, 6.07) is 1.18. The number of rotatable bonds is 8. The molecule has 4 aliphatic carbocycles. The van der Waals surface area contributed by atoms with Crippen molar-refractivity contribution in [2.75, 3.05) is 5.32 Å². The molecule has 3 N–H and O–H groups in total. The van der Waals surface area contributed by atoms with E-state index in [1.54, 1.807) is 13.8 Å². The van der Waals surface area contributed by atoms with E-state index in [0.29, 0.717) is 12.2 Å². The fourth-order valence-corrected chi connectivity index (χ4v) is 6.33. The zero-order valence-corrected chi connectivity index (χ0v) is 18.3. The van der Waals surface area contributed by atoms with Gasteiger partial charge in [-0.1, -0.05) is 32.3 Å². The van der Waals surface area contributed by atoms with E-state index in [9.17, 15) is 14.7 Å². The van der Waals surface area contributed by atoms with Crippen molar-refractivity contribution in [3.63, 3.8) is 0 Å². The molecule has 4 bridgehead atoms. The van der Waals surface area contributed by atoms with E-state index in [1.807, 2.05) is 13.0 Å². The first-order valence-corrected chi connectivity index (χ1v) is 11.6. The Hall–Kier alpha value is -1.89. The van der Waals surface area contributed by atoms with Gasteiger partial charge in [-0.3, -0.25) is 9.59 Å². The standard InChI is InChI=1S/C23H35N3O4/c1-4-5-17(24-22(29)20(27)13(2)3)21(28)25-19-9-18(30-26-19)23-10-14-6-15(11-23)8-16(7-14)12-23/h9,13-17,20,27H,4-8,10-12H2,1-3H3,(H,24,29)(H,25,26,28). The third kappa shape index (κ3) is 4.13. The van der Waals surface area contributed by atoms with Crippen molar-refractivity contribution in [1.29, 1.82) is 0 Å². The number of hydrogen-bond acceptors (Lipinski definition) is 5. The van der Waals surface area contributed by atoms with Crippen LogP contribution in [-0.2, 0) is 15.0 Å². The van der Waals surface area contributed by atoms with Crippen LogP contribution in [0.2, 0.25) is 0 Å². The maximum absolute atomic E-state index is 12.8. The second-order valence-corrected chi connectivity index (χ2v) is 10.3. The van der Waals surface area contributed by atoms with Gasteiger partial charge in [0.15, 0.2) is 5.82 Å². The third-order valence-electron chi connectivity index (χ3n) is 7.43. The van der Waals surface area contributed by atoms with E-state index in [-0.39, 0.29) is 17.2 Å². The van der Waals surface area contributed by atoms with Crippen LogP contribution in [0.5, 0.6) is 0 Å².